The second kappa shape index (κ2) is 7.81. The van der Waals surface area contributed by atoms with Crippen LogP contribution in [0.15, 0.2) is 48.5 Å². The zero-order valence-electron chi connectivity index (χ0n) is 12.7. The standard InChI is InChI=1S/C18H23NO2/c1-14-5-3-7-17(9-14)13-21-18-8-4-6-16(10-18)12-19-11-15(2)20/h3-10,15,19-20H,11-13H2,1-2H3/t15-/m0/s1. The Morgan fingerprint density at radius 2 is 1.86 bits per heavy atom. The molecule has 0 fully saturated rings. The Morgan fingerprint density at radius 1 is 1.10 bits per heavy atom. The SMILES string of the molecule is Cc1cccc(COc2cccc(CNC[C@H](C)O)c2)c1. The van der Waals surface area contributed by atoms with Crippen molar-refractivity contribution in [3.63, 3.8) is 0 Å². The van der Waals surface area contributed by atoms with Crippen LogP contribution in [-0.2, 0) is 13.2 Å². The van der Waals surface area contributed by atoms with Crippen LogP contribution in [0.4, 0.5) is 0 Å². The normalized spacial score (nSPS) is 12.1. The maximum atomic E-state index is 9.23. The fourth-order valence-corrected chi connectivity index (χ4v) is 2.14. The molecule has 0 aromatic heterocycles. The molecule has 112 valence electrons. The molecular weight excluding hydrogens is 262 g/mol. The molecule has 0 saturated heterocycles. The lowest BCUT2D eigenvalue weighted by Crippen LogP contribution is -2.23. The summed E-state index contributed by atoms with van der Waals surface area (Å²) in [6, 6.07) is 16.4. The molecule has 21 heavy (non-hydrogen) atoms. The van der Waals surface area contributed by atoms with Crippen molar-refractivity contribution in [1.29, 1.82) is 0 Å². The highest BCUT2D eigenvalue weighted by Crippen LogP contribution is 2.15. The van der Waals surface area contributed by atoms with Crippen molar-refractivity contribution < 1.29 is 9.84 Å². The Hall–Kier alpha value is -1.84. The molecule has 2 N–H and O–H groups in total. The van der Waals surface area contributed by atoms with Crippen molar-refractivity contribution in [2.45, 2.75) is 33.1 Å². The predicted molar refractivity (Wildman–Crippen MR) is 85.3 cm³/mol. The molecule has 0 amide bonds. The minimum absolute atomic E-state index is 0.328. The van der Waals surface area contributed by atoms with Gasteiger partial charge < -0.3 is 15.2 Å². The van der Waals surface area contributed by atoms with Crippen molar-refractivity contribution in [1.82, 2.24) is 5.32 Å². The first kappa shape index (κ1) is 15.5. The zero-order valence-corrected chi connectivity index (χ0v) is 12.7. The number of hydrogen-bond donors (Lipinski definition) is 2. The van der Waals surface area contributed by atoms with Crippen molar-refractivity contribution in [3.8, 4) is 5.75 Å². The van der Waals surface area contributed by atoms with Gasteiger partial charge in [-0.3, -0.25) is 0 Å². The van der Waals surface area contributed by atoms with Gasteiger partial charge in [0.05, 0.1) is 6.10 Å². The smallest absolute Gasteiger partial charge is 0.120 e. The molecule has 0 radical (unpaired) electrons. The molecule has 0 spiro atoms. The van der Waals surface area contributed by atoms with Crippen molar-refractivity contribution in [3.05, 3.63) is 65.2 Å². The first-order valence-corrected chi connectivity index (χ1v) is 7.29. The highest BCUT2D eigenvalue weighted by Gasteiger charge is 2.00. The van der Waals surface area contributed by atoms with E-state index in [0.717, 1.165) is 17.9 Å². The molecule has 2 aromatic rings. The van der Waals surface area contributed by atoms with E-state index in [2.05, 4.69) is 36.5 Å². The van der Waals surface area contributed by atoms with Crippen LogP contribution >= 0.6 is 0 Å². The Bertz CT molecular complexity index is 567. The molecule has 0 bridgehead atoms. The Labute approximate surface area is 126 Å². The van der Waals surface area contributed by atoms with Gasteiger partial charge >= 0.3 is 0 Å². The summed E-state index contributed by atoms with van der Waals surface area (Å²) in [5, 5.41) is 12.4. The average molecular weight is 285 g/mol. The van der Waals surface area contributed by atoms with E-state index in [0.29, 0.717) is 13.2 Å². The van der Waals surface area contributed by atoms with Crippen LogP contribution in [0.2, 0.25) is 0 Å². The van der Waals surface area contributed by atoms with E-state index in [9.17, 15) is 5.11 Å². The van der Waals surface area contributed by atoms with Gasteiger partial charge in [-0.1, -0.05) is 42.0 Å². The number of ether oxygens (including phenoxy) is 1. The van der Waals surface area contributed by atoms with E-state index in [1.807, 2.05) is 24.3 Å². The van der Waals surface area contributed by atoms with Crippen LogP contribution in [-0.4, -0.2) is 17.8 Å². The zero-order chi connectivity index (χ0) is 15.1. The van der Waals surface area contributed by atoms with Crippen molar-refractivity contribution in [2.24, 2.45) is 0 Å². The van der Waals surface area contributed by atoms with Crippen LogP contribution in [0.5, 0.6) is 5.75 Å². The molecule has 3 nitrogen and oxygen atoms in total. The van der Waals surface area contributed by atoms with Crippen LogP contribution in [0.1, 0.15) is 23.6 Å². The monoisotopic (exact) mass is 285 g/mol. The van der Waals surface area contributed by atoms with E-state index in [-0.39, 0.29) is 6.10 Å². The van der Waals surface area contributed by atoms with Gasteiger partial charge in [0.15, 0.2) is 0 Å². The molecule has 0 unspecified atom stereocenters. The maximum absolute atomic E-state index is 9.23. The fraction of sp³-hybridized carbons (Fsp3) is 0.333. The molecular formula is C18H23NO2. The van der Waals surface area contributed by atoms with Gasteiger partial charge in [0.2, 0.25) is 0 Å². The number of aryl methyl sites for hydroxylation is 1. The third-order valence-electron chi connectivity index (χ3n) is 3.16. The molecule has 0 aliphatic rings. The van der Waals surface area contributed by atoms with Gasteiger partial charge in [0.1, 0.15) is 12.4 Å². The largest absolute Gasteiger partial charge is 0.489 e. The quantitative estimate of drug-likeness (QED) is 0.821. The van der Waals surface area contributed by atoms with E-state index in [4.69, 9.17) is 4.74 Å². The summed E-state index contributed by atoms with van der Waals surface area (Å²) in [6.45, 7) is 5.75. The second-order valence-electron chi connectivity index (χ2n) is 5.41. The average Bonchev–Trinajstić information content (AvgIpc) is 2.45. The summed E-state index contributed by atoms with van der Waals surface area (Å²) < 4.78 is 5.84. The van der Waals surface area contributed by atoms with Gasteiger partial charge in [-0.2, -0.15) is 0 Å². The van der Waals surface area contributed by atoms with Gasteiger partial charge in [-0.25, -0.2) is 0 Å². The number of rotatable bonds is 7. The van der Waals surface area contributed by atoms with Crippen LogP contribution in [0.25, 0.3) is 0 Å². The van der Waals surface area contributed by atoms with Crippen LogP contribution in [0.3, 0.4) is 0 Å². The minimum Gasteiger partial charge on any atom is -0.489 e. The highest BCUT2D eigenvalue weighted by molar-refractivity contribution is 5.29. The molecule has 3 heteroatoms. The summed E-state index contributed by atoms with van der Waals surface area (Å²) in [4.78, 5) is 0. The van der Waals surface area contributed by atoms with E-state index < -0.39 is 0 Å². The third-order valence-corrected chi connectivity index (χ3v) is 3.16. The van der Waals surface area contributed by atoms with E-state index in [1.54, 1.807) is 6.92 Å². The predicted octanol–water partition coefficient (Wildman–Crippen LogP) is 3.04. The molecule has 0 saturated carbocycles. The topological polar surface area (TPSA) is 41.5 Å². The van der Waals surface area contributed by atoms with Crippen LogP contribution < -0.4 is 10.1 Å². The summed E-state index contributed by atoms with van der Waals surface area (Å²) in [5.74, 6) is 0.868. The molecule has 2 aromatic carbocycles. The minimum atomic E-state index is -0.328. The Kier molecular flexibility index (Phi) is 5.78. The molecule has 0 heterocycles. The lowest BCUT2D eigenvalue weighted by Gasteiger charge is -2.10. The Morgan fingerprint density at radius 3 is 2.62 bits per heavy atom. The summed E-state index contributed by atoms with van der Waals surface area (Å²) in [5.41, 5.74) is 3.57. The third kappa shape index (κ3) is 5.58. The summed E-state index contributed by atoms with van der Waals surface area (Å²) in [6.07, 6.45) is -0.328. The van der Waals surface area contributed by atoms with Crippen molar-refractivity contribution >= 4 is 0 Å². The van der Waals surface area contributed by atoms with Gasteiger partial charge in [0.25, 0.3) is 0 Å². The maximum Gasteiger partial charge on any atom is 0.120 e. The first-order valence-electron chi connectivity index (χ1n) is 7.29. The number of aliphatic hydroxyl groups excluding tert-OH is 1. The van der Waals surface area contributed by atoms with Gasteiger partial charge in [-0.05, 0) is 37.1 Å². The van der Waals surface area contributed by atoms with E-state index in [1.165, 1.54) is 11.1 Å². The van der Waals surface area contributed by atoms with Gasteiger partial charge in [-0.15, -0.1) is 0 Å². The number of benzene rings is 2. The highest BCUT2D eigenvalue weighted by atomic mass is 16.5. The summed E-state index contributed by atoms with van der Waals surface area (Å²) in [7, 11) is 0. The van der Waals surface area contributed by atoms with Crippen molar-refractivity contribution in [2.75, 3.05) is 6.54 Å². The molecule has 0 aliphatic carbocycles. The number of aliphatic hydroxyl groups is 1. The number of hydrogen-bond acceptors (Lipinski definition) is 3. The lowest BCUT2D eigenvalue weighted by atomic mass is 10.1. The molecule has 2 rings (SSSR count). The fourth-order valence-electron chi connectivity index (χ4n) is 2.14. The van der Waals surface area contributed by atoms with Crippen LogP contribution in [0, 0.1) is 6.92 Å². The Balaban J connectivity index is 1.88. The molecule has 0 aliphatic heterocycles. The lowest BCUT2D eigenvalue weighted by molar-refractivity contribution is 0.191. The van der Waals surface area contributed by atoms with E-state index >= 15 is 0 Å². The number of nitrogens with one attached hydrogen (secondary N) is 1. The first-order chi connectivity index (χ1) is 10.1. The molecule has 1 atom stereocenters. The second-order valence-corrected chi connectivity index (χ2v) is 5.41. The van der Waals surface area contributed by atoms with Gasteiger partial charge in [0, 0.05) is 13.1 Å². The summed E-state index contributed by atoms with van der Waals surface area (Å²) >= 11 is 0.